The zero-order valence-corrected chi connectivity index (χ0v) is 11.3. The normalized spacial score (nSPS) is 13.2. The predicted molar refractivity (Wildman–Crippen MR) is 74.6 cm³/mol. The summed E-state index contributed by atoms with van der Waals surface area (Å²) in [6.07, 6.45) is -2.54. The van der Waals surface area contributed by atoms with Gasteiger partial charge in [0.05, 0.1) is 5.56 Å². The Balaban J connectivity index is 1.94. The Labute approximate surface area is 117 Å². The van der Waals surface area contributed by atoms with Gasteiger partial charge in [-0.3, -0.25) is 0 Å². The van der Waals surface area contributed by atoms with Gasteiger partial charge in [-0.15, -0.1) is 0 Å². The molecule has 0 aliphatic carbocycles. The Kier molecular flexibility index (Phi) is 4.48. The van der Waals surface area contributed by atoms with Crippen molar-refractivity contribution in [3.63, 3.8) is 0 Å². The van der Waals surface area contributed by atoms with Crippen molar-refractivity contribution in [2.45, 2.75) is 31.9 Å². The van der Waals surface area contributed by atoms with Gasteiger partial charge in [-0.1, -0.05) is 49.4 Å². The quantitative estimate of drug-likeness (QED) is 0.698. The van der Waals surface area contributed by atoms with Crippen molar-refractivity contribution in [3.05, 3.63) is 71.3 Å². The van der Waals surface area contributed by atoms with Crippen LogP contribution in [0.5, 0.6) is 0 Å². The third-order valence-corrected chi connectivity index (χ3v) is 3.52. The highest BCUT2D eigenvalue weighted by atomic mass is 19.4. The zero-order valence-electron chi connectivity index (χ0n) is 11.3. The summed E-state index contributed by atoms with van der Waals surface area (Å²) >= 11 is 0. The molecule has 1 unspecified atom stereocenters. The molecule has 0 fully saturated rings. The van der Waals surface area contributed by atoms with E-state index in [1.807, 2.05) is 18.2 Å². The summed E-state index contributed by atoms with van der Waals surface area (Å²) in [7, 11) is 0. The summed E-state index contributed by atoms with van der Waals surface area (Å²) in [5, 5.41) is 0. The summed E-state index contributed by atoms with van der Waals surface area (Å²) in [5.74, 6) is 0.401. The second-order valence-electron chi connectivity index (χ2n) is 5.05. The van der Waals surface area contributed by atoms with E-state index >= 15 is 0 Å². The lowest BCUT2D eigenvalue weighted by Gasteiger charge is -2.12. The van der Waals surface area contributed by atoms with Gasteiger partial charge in [-0.2, -0.15) is 13.2 Å². The number of alkyl halides is 3. The third-order valence-electron chi connectivity index (χ3n) is 3.52. The number of hydrogen-bond donors (Lipinski definition) is 0. The van der Waals surface area contributed by atoms with Crippen LogP contribution in [0.3, 0.4) is 0 Å². The van der Waals surface area contributed by atoms with E-state index in [9.17, 15) is 13.2 Å². The number of halogens is 3. The van der Waals surface area contributed by atoms with Gasteiger partial charge in [0.2, 0.25) is 0 Å². The number of aryl methyl sites for hydroxylation is 1. The van der Waals surface area contributed by atoms with Crippen molar-refractivity contribution in [2.75, 3.05) is 0 Å². The molecule has 0 saturated carbocycles. The Morgan fingerprint density at radius 3 is 2.05 bits per heavy atom. The molecule has 0 N–H and O–H groups in total. The number of benzene rings is 2. The van der Waals surface area contributed by atoms with Crippen molar-refractivity contribution >= 4 is 0 Å². The molecule has 0 spiro atoms. The highest BCUT2D eigenvalue weighted by molar-refractivity contribution is 5.25. The van der Waals surface area contributed by atoms with E-state index in [4.69, 9.17) is 0 Å². The highest BCUT2D eigenvalue weighted by Crippen LogP contribution is 2.29. The number of rotatable bonds is 4. The van der Waals surface area contributed by atoms with Gasteiger partial charge >= 0.3 is 6.18 Å². The van der Waals surface area contributed by atoms with Crippen LogP contribution in [0.25, 0.3) is 0 Å². The third kappa shape index (κ3) is 3.86. The molecule has 2 aromatic rings. The summed E-state index contributed by atoms with van der Waals surface area (Å²) < 4.78 is 37.4. The SMILES string of the molecule is CC(CCc1ccc(C(F)(F)F)cc1)c1ccccc1. The molecule has 2 aromatic carbocycles. The first-order valence-electron chi connectivity index (χ1n) is 6.68. The molecule has 0 amide bonds. The lowest BCUT2D eigenvalue weighted by atomic mass is 9.94. The average molecular weight is 278 g/mol. The molecule has 0 radical (unpaired) electrons. The van der Waals surface area contributed by atoms with Crippen molar-refractivity contribution in [3.8, 4) is 0 Å². The minimum Gasteiger partial charge on any atom is -0.166 e. The number of hydrogen-bond acceptors (Lipinski definition) is 0. The van der Waals surface area contributed by atoms with Crippen LogP contribution in [0, 0.1) is 0 Å². The topological polar surface area (TPSA) is 0 Å². The first-order chi connectivity index (χ1) is 9.47. The van der Waals surface area contributed by atoms with Crippen molar-refractivity contribution in [1.82, 2.24) is 0 Å². The first kappa shape index (κ1) is 14.6. The lowest BCUT2D eigenvalue weighted by Crippen LogP contribution is -2.04. The maximum absolute atomic E-state index is 12.5. The fraction of sp³-hybridized carbons (Fsp3) is 0.294. The average Bonchev–Trinajstić information content (AvgIpc) is 2.45. The fourth-order valence-electron chi connectivity index (χ4n) is 2.19. The first-order valence-corrected chi connectivity index (χ1v) is 6.68. The molecule has 0 aliphatic rings. The molecular weight excluding hydrogens is 261 g/mol. The summed E-state index contributed by atoms with van der Waals surface area (Å²) in [4.78, 5) is 0. The maximum Gasteiger partial charge on any atom is 0.416 e. The molecule has 0 saturated heterocycles. The van der Waals surface area contributed by atoms with Crippen LogP contribution in [-0.2, 0) is 12.6 Å². The van der Waals surface area contributed by atoms with Crippen LogP contribution in [0.4, 0.5) is 13.2 Å². The van der Waals surface area contributed by atoms with Crippen molar-refractivity contribution in [2.24, 2.45) is 0 Å². The van der Waals surface area contributed by atoms with Crippen LogP contribution < -0.4 is 0 Å². The molecule has 3 heteroatoms. The van der Waals surface area contributed by atoms with Crippen LogP contribution in [0.15, 0.2) is 54.6 Å². The zero-order chi connectivity index (χ0) is 14.6. The molecule has 0 heterocycles. The van der Waals surface area contributed by atoms with E-state index in [2.05, 4.69) is 19.1 Å². The molecule has 0 nitrogen and oxygen atoms in total. The van der Waals surface area contributed by atoms with E-state index in [1.165, 1.54) is 5.56 Å². The van der Waals surface area contributed by atoms with E-state index in [-0.39, 0.29) is 0 Å². The van der Waals surface area contributed by atoms with Gasteiger partial charge < -0.3 is 0 Å². The summed E-state index contributed by atoms with van der Waals surface area (Å²) in [5.41, 5.74) is 1.62. The van der Waals surface area contributed by atoms with Gasteiger partial charge in [0.15, 0.2) is 0 Å². The Morgan fingerprint density at radius 2 is 1.50 bits per heavy atom. The van der Waals surface area contributed by atoms with Gasteiger partial charge in [-0.05, 0) is 42.0 Å². The lowest BCUT2D eigenvalue weighted by molar-refractivity contribution is -0.137. The Hall–Kier alpha value is -1.77. The summed E-state index contributed by atoms with van der Waals surface area (Å²) in [6.45, 7) is 2.14. The maximum atomic E-state index is 12.5. The minimum atomic E-state index is -4.25. The van der Waals surface area contributed by atoms with E-state index in [1.54, 1.807) is 12.1 Å². The van der Waals surface area contributed by atoms with Crippen molar-refractivity contribution < 1.29 is 13.2 Å². The molecule has 2 rings (SSSR count). The largest absolute Gasteiger partial charge is 0.416 e. The standard InChI is InChI=1S/C17H17F3/c1-13(15-5-3-2-4-6-15)7-8-14-9-11-16(12-10-14)17(18,19)20/h2-6,9-13H,7-8H2,1H3. The minimum absolute atomic E-state index is 0.401. The van der Waals surface area contributed by atoms with Crippen LogP contribution in [-0.4, -0.2) is 0 Å². The fourth-order valence-corrected chi connectivity index (χ4v) is 2.19. The Bertz CT molecular complexity index is 526. The smallest absolute Gasteiger partial charge is 0.166 e. The van der Waals surface area contributed by atoms with Gasteiger partial charge in [0.1, 0.15) is 0 Å². The molecule has 0 aromatic heterocycles. The summed E-state index contributed by atoms with van der Waals surface area (Å²) in [6, 6.07) is 15.6. The highest BCUT2D eigenvalue weighted by Gasteiger charge is 2.29. The van der Waals surface area contributed by atoms with E-state index in [0.29, 0.717) is 5.92 Å². The molecular formula is C17H17F3. The monoisotopic (exact) mass is 278 g/mol. The van der Waals surface area contributed by atoms with Crippen LogP contribution in [0.2, 0.25) is 0 Å². The van der Waals surface area contributed by atoms with Crippen molar-refractivity contribution in [1.29, 1.82) is 0 Å². The second-order valence-corrected chi connectivity index (χ2v) is 5.05. The molecule has 0 aliphatic heterocycles. The van der Waals surface area contributed by atoms with Gasteiger partial charge in [0.25, 0.3) is 0 Å². The molecule has 1 atom stereocenters. The second kappa shape index (κ2) is 6.12. The molecule has 0 bridgehead atoms. The Morgan fingerprint density at radius 1 is 0.900 bits per heavy atom. The van der Waals surface area contributed by atoms with E-state index in [0.717, 1.165) is 30.5 Å². The molecule has 106 valence electrons. The van der Waals surface area contributed by atoms with E-state index < -0.39 is 11.7 Å². The van der Waals surface area contributed by atoms with Gasteiger partial charge in [0, 0.05) is 0 Å². The molecule has 20 heavy (non-hydrogen) atoms. The van der Waals surface area contributed by atoms with Gasteiger partial charge in [-0.25, -0.2) is 0 Å². The van der Waals surface area contributed by atoms with Crippen LogP contribution in [0.1, 0.15) is 36.0 Å². The predicted octanol–water partition coefficient (Wildman–Crippen LogP) is 5.44. The van der Waals surface area contributed by atoms with Crippen LogP contribution >= 0.6 is 0 Å².